The van der Waals surface area contributed by atoms with E-state index in [1.165, 1.54) is 0 Å². The van der Waals surface area contributed by atoms with Gasteiger partial charge in [0.2, 0.25) is 0 Å². The number of nitrogens with zero attached hydrogens (tertiary/aromatic N) is 3. The van der Waals surface area contributed by atoms with E-state index in [1.54, 1.807) is 31.5 Å². The second-order valence-corrected chi connectivity index (χ2v) is 3.74. The Kier molecular flexibility index (Phi) is 3.47. The molecule has 0 fully saturated rings. The Bertz CT molecular complexity index is 528. The Morgan fingerprint density at radius 1 is 1.22 bits per heavy atom. The van der Waals surface area contributed by atoms with Crippen molar-refractivity contribution in [3.63, 3.8) is 0 Å². The number of nitrogens with one attached hydrogen (secondary N) is 1. The van der Waals surface area contributed by atoms with Crippen LogP contribution in [0.25, 0.3) is 11.3 Å². The third kappa shape index (κ3) is 2.79. The van der Waals surface area contributed by atoms with Crippen molar-refractivity contribution in [3.05, 3.63) is 36.7 Å². The van der Waals surface area contributed by atoms with Gasteiger partial charge in [-0.2, -0.15) is 0 Å². The third-order valence-electron chi connectivity index (χ3n) is 2.38. The molecule has 0 radical (unpaired) electrons. The van der Waals surface area contributed by atoms with Gasteiger partial charge in [-0.1, -0.05) is 0 Å². The summed E-state index contributed by atoms with van der Waals surface area (Å²) in [7, 11) is 0. The van der Waals surface area contributed by atoms with E-state index >= 15 is 0 Å². The molecule has 2 aromatic heterocycles. The molecule has 18 heavy (non-hydrogen) atoms. The van der Waals surface area contributed by atoms with Crippen molar-refractivity contribution in [1.29, 1.82) is 0 Å². The molecule has 0 aliphatic carbocycles. The normalized spacial score (nSPS) is 11.8. The van der Waals surface area contributed by atoms with Gasteiger partial charge >= 0.3 is 5.97 Å². The third-order valence-corrected chi connectivity index (χ3v) is 2.38. The Hall–Kier alpha value is -2.50. The van der Waals surface area contributed by atoms with E-state index in [0.29, 0.717) is 11.5 Å². The number of carbonyl (C=O) groups is 1. The van der Waals surface area contributed by atoms with Crippen molar-refractivity contribution in [2.45, 2.75) is 13.0 Å². The highest BCUT2D eigenvalue weighted by atomic mass is 16.4. The number of carboxylic acid groups (broad SMARTS) is 1. The summed E-state index contributed by atoms with van der Waals surface area (Å²) in [6.07, 6.45) is 3.35. The minimum atomic E-state index is -0.935. The molecule has 0 aromatic carbocycles. The van der Waals surface area contributed by atoms with Gasteiger partial charge in [0.1, 0.15) is 11.9 Å². The summed E-state index contributed by atoms with van der Waals surface area (Å²) in [5, 5.41) is 19.5. The average Bonchev–Trinajstić information content (AvgIpc) is 2.40. The van der Waals surface area contributed by atoms with Gasteiger partial charge in [0.15, 0.2) is 0 Å². The highest BCUT2D eigenvalue weighted by Gasteiger charge is 2.10. The minimum absolute atomic E-state index is 0.433. The molecular formula is C12H12N4O2. The molecule has 0 saturated carbocycles. The van der Waals surface area contributed by atoms with Crippen molar-refractivity contribution in [1.82, 2.24) is 15.2 Å². The fraction of sp³-hybridized carbons (Fsp3) is 0.167. The zero-order valence-electron chi connectivity index (χ0n) is 9.74. The predicted octanol–water partition coefficient (Wildman–Crippen LogP) is 1.42. The SMILES string of the molecule is CC(Nc1ccc(-c2ccncc2)nn1)C(=O)O. The van der Waals surface area contributed by atoms with Crippen LogP contribution in [0.2, 0.25) is 0 Å². The molecule has 2 heterocycles. The van der Waals surface area contributed by atoms with Gasteiger partial charge in [0.25, 0.3) is 0 Å². The average molecular weight is 244 g/mol. The number of hydrogen-bond acceptors (Lipinski definition) is 5. The van der Waals surface area contributed by atoms with E-state index < -0.39 is 12.0 Å². The van der Waals surface area contributed by atoms with Gasteiger partial charge in [-0.15, -0.1) is 10.2 Å². The van der Waals surface area contributed by atoms with Crippen molar-refractivity contribution < 1.29 is 9.90 Å². The van der Waals surface area contributed by atoms with E-state index in [-0.39, 0.29) is 0 Å². The molecule has 2 aromatic rings. The lowest BCUT2D eigenvalue weighted by Crippen LogP contribution is -2.25. The van der Waals surface area contributed by atoms with Crippen LogP contribution in [-0.2, 0) is 4.79 Å². The van der Waals surface area contributed by atoms with Crippen molar-refractivity contribution >= 4 is 11.8 Å². The van der Waals surface area contributed by atoms with E-state index in [4.69, 9.17) is 5.11 Å². The number of aromatic nitrogens is 3. The molecule has 0 aliphatic heterocycles. The quantitative estimate of drug-likeness (QED) is 0.845. The van der Waals surface area contributed by atoms with Crippen molar-refractivity contribution in [2.24, 2.45) is 0 Å². The molecule has 2 N–H and O–H groups in total. The van der Waals surface area contributed by atoms with Crippen LogP contribution in [0, 0.1) is 0 Å². The van der Waals surface area contributed by atoms with Gasteiger partial charge in [-0.05, 0) is 31.2 Å². The highest BCUT2D eigenvalue weighted by Crippen LogP contribution is 2.15. The monoisotopic (exact) mass is 244 g/mol. The molecule has 6 heteroatoms. The fourth-order valence-corrected chi connectivity index (χ4v) is 1.37. The van der Waals surface area contributed by atoms with Crippen LogP contribution in [0.5, 0.6) is 0 Å². The number of hydrogen-bond donors (Lipinski definition) is 2. The zero-order chi connectivity index (χ0) is 13.0. The van der Waals surface area contributed by atoms with E-state index in [1.807, 2.05) is 12.1 Å². The lowest BCUT2D eigenvalue weighted by atomic mass is 10.2. The summed E-state index contributed by atoms with van der Waals surface area (Å²) in [6.45, 7) is 1.54. The lowest BCUT2D eigenvalue weighted by molar-refractivity contribution is -0.137. The summed E-state index contributed by atoms with van der Waals surface area (Å²) < 4.78 is 0. The molecule has 0 bridgehead atoms. The number of rotatable bonds is 4. The lowest BCUT2D eigenvalue weighted by Gasteiger charge is -2.09. The summed E-state index contributed by atoms with van der Waals surface area (Å²) in [6, 6.07) is 6.43. The van der Waals surface area contributed by atoms with Crippen LogP contribution in [0.1, 0.15) is 6.92 Å². The first kappa shape index (κ1) is 12.0. The topological polar surface area (TPSA) is 88.0 Å². The molecule has 0 saturated heterocycles. The largest absolute Gasteiger partial charge is 0.480 e. The Morgan fingerprint density at radius 2 is 1.94 bits per heavy atom. The van der Waals surface area contributed by atoms with Crippen LogP contribution in [0.15, 0.2) is 36.7 Å². The first-order chi connectivity index (χ1) is 8.66. The predicted molar refractivity (Wildman–Crippen MR) is 66.0 cm³/mol. The van der Waals surface area contributed by atoms with Crippen LogP contribution < -0.4 is 5.32 Å². The van der Waals surface area contributed by atoms with Gasteiger partial charge in [-0.25, -0.2) is 0 Å². The molecule has 92 valence electrons. The molecule has 0 amide bonds. The first-order valence-electron chi connectivity index (χ1n) is 5.40. The smallest absolute Gasteiger partial charge is 0.325 e. The molecule has 1 unspecified atom stereocenters. The first-order valence-corrected chi connectivity index (χ1v) is 5.40. The summed E-state index contributed by atoms with van der Waals surface area (Å²) in [4.78, 5) is 14.6. The van der Waals surface area contributed by atoms with Gasteiger partial charge < -0.3 is 10.4 Å². The molecular weight excluding hydrogens is 232 g/mol. The van der Waals surface area contributed by atoms with Crippen LogP contribution in [0.4, 0.5) is 5.82 Å². The fourth-order valence-electron chi connectivity index (χ4n) is 1.37. The maximum Gasteiger partial charge on any atom is 0.325 e. The van der Waals surface area contributed by atoms with Gasteiger partial charge in [0.05, 0.1) is 5.69 Å². The van der Waals surface area contributed by atoms with Gasteiger partial charge in [-0.3, -0.25) is 9.78 Å². The van der Waals surface area contributed by atoms with E-state index in [0.717, 1.165) is 5.56 Å². The Balaban J connectivity index is 2.13. The molecule has 0 spiro atoms. The zero-order valence-corrected chi connectivity index (χ0v) is 9.74. The minimum Gasteiger partial charge on any atom is -0.480 e. The van der Waals surface area contributed by atoms with Crippen LogP contribution in [-0.4, -0.2) is 32.3 Å². The van der Waals surface area contributed by atoms with Crippen molar-refractivity contribution in [3.8, 4) is 11.3 Å². The molecule has 2 rings (SSSR count). The number of aliphatic carboxylic acids is 1. The van der Waals surface area contributed by atoms with Crippen molar-refractivity contribution in [2.75, 3.05) is 5.32 Å². The van der Waals surface area contributed by atoms with E-state index in [2.05, 4.69) is 20.5 Å². The standard InChI is InChI=1S/C12H12N4O2/c1-8(12(17)18)14-11-3-2-10(15-16-11)9-4-6-13-7-5-9/h2-8H,1H3,(H,14,16)(H,17,18). The molecule has 6 nitrogen and oxygen atoms in total. The van der Waals surface area contributed by atoms with Crippen LogP contribution >= 0.6 is 0 Å². The maximum absolute atomic E-state index is 10.7. The summed E-state index contributed by atoms with van der Waals surface area (Å²) >= 11 is 0. The number of anilines is 1. The highest BCUT2D eigenvalue weighted by molar-refractivity contribution is 5.76. The Labute approximate surface area is 104 Å². The second kappa shape index (κ2) is 5.22. The number of carboxylic acids is 1. The number of pyridine rings is 1. The molecule has 0 aliphatic rings. The maximum atomic E-state index is 10.7. The van der Waals surface area contributed by atoms with Gasteiger partial charge in [0, 0.05) is 18.0 Å². The Morgan fingerprint density at radius 3 is 2.50 bits per heavy atom. The van der Waals surface area contributed by atoms with Crippen LogP contribution in [0.3, 0.4) is 0 Å². The van der Waals surface area contributed by atoms with E-state index in [9.17, 15) is 4.79 Å². The second-order valence-electron chi connectivity index (χ2n) is 3.74. The molecule has 1 atom stereocenters. The summed E-state index contributed by atoms with van der Waals surface area (Å²) in [5.74, 6) is -0.502. The summed E-state index contributed by atoms with van der Waals surface area (Å²) in [5.41, 5.74) is 1.63.